The highest BCUT2D eigenvalue weighted by atomic mass is 19.1. The summed E-state index contributed by atoms with van der Waals surface area (Å²) in [4.78, 5) is 21.9. The predicted octanol–water partition coefficient (Wildman–Crippen LogP) is 0.532. The summed E-state index contributed by atoms with van der Waals surface area (Å²) in [5.74, 6) is -1.09. The Hall–Kier alpha value is -2.11. The summed E-state index contributed by atoms with van der Waals surface area (Å²) in [6.07, 6.45) is 0. The molecule has 0 bridgehead atoms. The van der Waals surface area contributed by atoms with Gasteiger partial charge < -0.3 is 16.4 Å². The van der Waals surface area contributed by atoms with Crippen LogP contribution >= 0.6 is 0 Å². The normalized spacial score (nSPS) is 9.76. The molecular weight excluding hydrogens is 225 g/mol. The summed E-state index contributed by atoms with van der Waals surface area (Å²) in [6, 6.07) is 3.62. The van der Waals surface area contributed by atoms with E-state index in [2.05, 4.69) is 10.6 Å². The molecule has 92 valence electrons. The molecule has 0 heterocycles. The number of urea groups is 1. The summed E-state index contributed by atoms with van der Waals surface area (Å²) in [6.45, 7) is 2.16. The fourth-order valence-electron chi connectivity index (χ4n) is 1.27. The van der Waals surface area contributed by atoms with E-state index in [4.69, 9.17) is 5.73 Å². The number of halogens is 1. The van der Waals surface area contributed by atoms with Crippen LogP contribution in [-0.4, -0.2) is 25.0 Å². The zero-order valence-electron chi connectivity index (χ0n) is 9.42. The van der Waals surface area contributed by atoms with Crippen LogP contribution in [-0.2, 0) is 0 Å². The Morgan fingerprint density at radius 2 is 1.94 bits per heavy atom. The molecule has 0 radical (unpaired) electrons. The number of hydrogen-bond acceptors (Lipinski definition) is 2. The molecule has 0 fully saturated rings. The average Bonchev–Trinajstić information content (AvgIpc) is 2.27. The number of rotatable bonds is 4. The highest BCUT2D eigenvalue weighted by Crippen LogP contribution is 2.09. The summed E-state index contributed by atoms with van der Waals surface area (Å²) in [7, 11) is 0. The maximum absolute atomic E-state index is 13.3. The van der Waals surface area contributed by atoms with Crippen molar-refractivity contribution in [1.29, 1.82) is 0 Å². The van der Waals surface area contributed by atoms with Crippen molar-refractivity contribution in [2.75, 3.05) is 13.1 Å². The van der Waals surface area contributed by atoms with Crippen LogP contribution in [0.5, 0.6) is 0 Å². The molecule has 4 N–H and O–H groups in total. The average molecular weight is 239 g/mol. The Morgan fingerprint density at radius 1 is 1.29 bits per heavy atom. The van der Waals surface area contributed by atoms with E-state index in [0.717, 1.165) is 5.56 Å². The van der Waals surface area contributed by atoms with Gasteiger partial charge in [-0.05, 0) is 19.1 Å². The molecule has 0 saturated heterocycles. The van der Waals surface area contributed by atoms with E-state index >= 15 is 0 Å². The second kappa shape index (κ2) is 5.83. The molecule has 1 aromatic carbocycles. The molecule has 0 aliphatic carbocycles. The maximum atomic E-state index is 13.3. The number of nitrogens with one attached hydrogen (secondary N) is 2. The van der Waals surface area contributed by atoms with Gasteiger partial charge in [0.1, 0.15) is 5.82 Å². The molecule has 0 atom stereocenters. The smallest absolute Gasteiger partial charge is 0.312 e. The Bertz CT molecular complexity index is 435. The lowest BCUT2D eigenvalue weighted by atomic mass is 10.1. The van der Waals surface area contributed by atoms with Crippen LogP contribution in [0.1, 0.15) is 15.9 Å². The lowest BCUT2D eigenvalue weighted by molar-refractivity contribution is 0.0949. The van der Waals surface area contributed by atoms with Crippen LogP contribution in [0.25, 0.3) is 0 Å². The third kappa shape index (κ3) is 4.10. The number of benzene rings is 1. The third-order valence-corrected chi connectivity index (χ3v) is 2.08. The highest BCUT2D eigenvalue weighted by Gasteiger charge is 2.10. The van der Waals surface area contributed by atoms with Crippen molar-refractivity contribution in [3.63, 3.8) is 0 Å². The Morgan fingerprint density at radius 3 is 2.59 bits per heavy atom. The van der Waals surface area contributed by atoms with E-state index in [1.807, 2.05) is 0 Å². The van der Waals surface area contributed by atoms with Gasteiger partial charge in [-0.1, -0.05) is 11.6 Å². The summed E-state index contributed by atoms with van der Waals surface area (Å²) in [5, 5.41) is 4.78. The first-order valence-electron chi connectivity index (χ1n) is 5.08. The highest BCUT2D eigenvalue weighted by molar-refractivity contribution is 5.94. The topological polar surface area (TPSA) is 84.2 Å². The van der Waals surface area contributed by atoms with Gasteiger partial charge in [0.25, 0.3) is 5.91 Å². The molecule has 0 aromatic heterocycles. The van der Waals surface area contributed by atoms with E-state index < -0.39 is 17.8 Å². The third-order valence-electron chi connectivity index (χ3n) is 2.08. The van der Waals surface area contributed by atoms with E-state index in [9.17, 15) is 14.0 Å². The SMILES string of the molecule is Cc1ccc(F)c(C(=O)NCCNC(N)=O)c1. The van der Waals surface area contributed by atoms with Crippen molar-refractivity contribution in [3.8, 4) is 0 Å². The molecule has 1 rings (SSSR count). The van der Waals surface area contributed by atoms with E-state index in [1.54, 1.807) is 13.0 Å². The molecule has 0 unspecified atom stereocenters. The number of hydrogen-bond donors (Lipinski definition) is 3. The number of carbonyl (C=O) groups excluding carboxylic acids is 2. The van der Waals surface area contributed by atoms with Crippen LogP contribution < -0.4 is 16.4 Å². The maximum Gasteiger partial charge on any atom is 0.312 e. The van der Waals surface area contributed by atoms with Crippen LogP contribution in [0.2, 0.25) is 0 Å². The number of amides is 3. The predicted molar refractivity (Wildman–Crippen MR) is 61.1 cm³/mol. The molecule has 3 amide bonds. The van der Waals surface area contributed by atoms with Crippen molar-refractivity contribution in [2.24, 2.45) is 5.73 Å². The molecular formula is C11H14FN3O2. The van der Waals surface area contributed by atoms with Crippen molar-refractivity contribution in [2.45, 2.75) is 6.92 Å². The van der Waals surface area contributed by atoms with Gasteiger partial charge in [0.15, 0.2) is 0 Å². The number of aryl methyl sites for hydroxylation is 1. The van der Waals surface area contributed by atoms with E-state index in [0.29, 0.717) is 0 Å². The van der Waals surface area contributed by atoms with Gasteiger partial charge in [-0.15, -0.1) is 0 Å². The molecule has 5 nitrogen and oxygen atoms in total. The molecule has 0 spiro atoms. The summed E-state index contributed by atoms with van der Waals surface area (Å²) < 4.78 is 13.3. The zero-order chi connectivity index (χ0) is 12.8. The van der Waals surface area contributed by atoms with Crippen LogP contribution in [0.4, 0.5) is 9.18 Å². The van der Waals surface area contributed by atoms with E-state index in [1.165, 1.54) is 12.1 Å². The fourth-order valence-corrected chi connectivity index (χ4v) is 1.27. The quantitative estimate of drug-likeness (QED) is 0.670. The molecule has 0 aliphatic heterocycles. The van der Waals surface area contributed by atoms with Crippen LogP contribution in [0.3, 0.4) is 0 Å². The van der Waals surface area contributed by atoms with E-state index in [-0.39, 0.29) is 18.7 Å². The molecule has 0 aliphatic rings. The first-order valence-corrected chi connectivity index (χ1v) is 5.08. The van der Waals surface area contributed by atoms with Crippen molar-refractivity contribution >= 4 is 11.9 Å². The number of nitrogens with two attached hydrogens (primary N) is 1. The molecule has 0 saturated carbocycles. The van der Waals surface area contributed by atoms with Crippen LogP contribution in [0, 0.1) is 12.7 Å². The standard InChI is InChI=1S/C11H14FN3O2/c1-7-2-3-9(12)8(6-7)10(16)14-4-5-15-11(13)17/h2-3,6H,4-5H2,1H3,(H,14,16)(H3,13,15,17). The van der Waals surface area contributed by atoms with Gasteiger partial charge in [0, 0.05) is 13.1 Å². The second-order valence-corrected chi connectivity index (χ2v) is 3.53. The second-order valence-electron chi connectivity index (χ2n) is 3.53. The van der Waals surface area contributed by atoms with Crippen LogP contribution in [0.15, 0.2) is 18.2 Å². The Balaban J connectivity index is 2.52. The summed E-state index contributed by atoms with van der Waals surface area (Å²) in [5.41, 5.74) is 5.63. The van der Waals surface area contributed by atoms with Gasteiger partial charge >= 0.3 is 6.03 Å². The monoisotopic (exact) mass is 239 g/mol. The minimum Gasteiger partial charge on any atom is -0.352 e. The molecule has 6 heteroatoms. The Labute approximate surface area is 98.2 Å². The first kappa shape index (κ1) is 13.0. The number of primary amides is 1. The van der Waals surface area contributed by atoms with Crippen molar-refractivity contribution in [1.82, 2.24) is 10.6 Å². The Kier molecular flexibility index (Phi) is 4.45. The first-order chi connectivity index (χ1) is 8.00. The number of carbonyl (C=O) groups is 2. The molecule has 17 heavy (non-hydrogen) atoms. The minimum atomic E-state index is -0.666. The van der Waals surface area contributed by atoms with Gasteiger partial charge in [-0.25, -0.2) is 9.18 Å². The fraction of sp³-hybridized carbons (Fsp3) is 0.273. The lowest BCUT2D eigenvalue weighted by Crippen LogP contribution is -2.37. The van der Waals surface area contributed by atoms with Gasteiger partial charge in [-0.2, -0.15) is 0 Å². The van der Waals surface area contributed by atoms with Crippen molar-refractivity contribution in [3.05, 3.63) is 35.1 Å². The van der Waals surface area contributed by atoms with Gasteiger partial charge in [0.2, 0.25) is 0 Å². The summed E-state index contributed by atoms with van der Waals surface area (Å²) >= 11 is 0. The lowest BCUT2D eigenvalue weighted by Gasteiger charge is -2.07. The molecule has 1 aromatic rings. The van der Waals surface area contributed by atoms with Gasteiger partial charge in [-0.3, -0.25) is 4.79 Å². The largest absolute Gasteiger partial charge is 0.352 e. The van der Waals surface area contributed by atoms with Gasteiger partial charge in [0.05, 0.1) is 5.56 Å². The minimum absolute atomic E-state index is 0.0101. The van der Waals surface area contributed by atoms with Crippen molar-refractivity contribution < 1.29 is 14.0 Å². The zero-order valence-corrected chi connectivity index (χ0v) is 9.42.